The highest BCUT2D eigenvalue weighted by atomic mass is 16.5. The number of aliphatic hydroxyl groups excluding tert-OH is 1. The van der Waals surface area contributed by atoms with Crippen molar-refractivity contribution in [3.63, 3.8) is 0 Å². The summed E-state index contributed by atoms with van der Waals surface area (Å²) in [6.07, 6.45) is 0.654. The zero-order valence-corrected chi connectivity index (χ0v) is 12.8. The Labute approximate surface area is 137 Å². The third-order valence-electron chi connectivity index (χ3n) is 3.98. The van der Waals surface area contributed by atoms with E-state index in [1.807, 2.05) is 0 Å². The van der Waals surface area contributed by atoms with Gasteiger partial charge in [-0.2, -0.15) is 0 Å². The molecule has 1 aromatic carbocycles. The highest BCUT2D eigenvalue weighted by Gasteiger charge is 2.44. The maximum Gasteiger partial charge on any atom is 0.262 e. The number of carbonyl (C=O) groups excluding carboxylic acids is 4. The molecule has 24 heavy (non-hydrogen) atoms. The smallest absolute Gasteiger partial charge is 0.262 e. The maximum absolute atomic E-state index is 12.6. The molecule has 8 heteroatoms. The minimum Gasteiger partial charge on any atom is -0.493 e. The van der Waals surface area contributed by atoms with Gasteiger partial charge in [-0.25, -0.2) is 0 Å². The molecular formula is C16H16N2O6. The number of aliphatic hydroxyl groups is 1. The Hall–Kier alpha value is -2.74. The van der Waals surface area contributed by atoms with Gasteiger partial charge in [0, 0.05) is 19.4 Å². The van der Waals surface area contributed by atoms with Crippen LogP contribution in [0, 0.1) is 0 Å². The maximum atomic E-state index is 12.6. The fourth-order valence-corrected chi connectivity index (χ4v) is 2.79. The molecule has 1 unspecified atom stereocenters. The summed E-state index contributed by atoms with van der Waals surface area (Å²) in [5, 5.41) is 10.9. The zero-order valence-electron chi connectivity index (χ0n) is 12.8. The summed E-state index contributed by atoms with van der Waals surface area (Å²) < 4.78 is 5.41. The third-order valence-corrected chi connectivity index (χ3v) is 3.98. The fourth-order valence-electron chi connectivity index (χ4n) is 2.79. The zero-order chi connectivity index (χ0) is 17.3. The van der Waals surface area contributed by atoms with Gasteiger partial charge in [0.2, 0.25) is 11.8 Å². The van der Waals surface area contributed by atoms with Crippen molar-refractivity contribution in [2.24, 2.45) is 0 Å². The Morgan fingerprint density at radius 3 is 2.62 bits per heavy atom. The molecule has 0 bridgehead atoms. The van der Waals surface area contributed by atoms with Crippen molar-refractivity contribution in [1.29, 1.82) is 0 Å². The van der Waals surface area contributed by atoms with Crippen molar-refractivity contribution in [2.45, 2.75) is 25.3 Å². The van der Waals surface area contributed by atoms with Gasteiger partial charge >= 0.3 is 0 Å². The van der Waals surface area contributed by atoms with Gasteiger partial charge in [0.15, 0.2) is 0 Å². The van der Waals surface area contributed by atoms with Crippen molar-refractivity contribution < 1.29 is 29.0 Å². The first-order valence-electron chi connectivity index (χ1n) is 7.62. The number of nitrogens with zero attached hydrogens (tertiary/aromatic N) is 1. The summed E-state index contributed by atoms with van der Waals surface area (Å²) in [7, 11) is 0. The lowest BCUT2D eigenvalue weighted by Gasteiger charge is -2.27. The Morgan fingerprint density at radius 2 is 1.92 bits per heavy atom. The van der Waals surface area contributed by atoms with Gasteiger partial charge in [-0.05, 0) is 24.6 Å². The molecule has 2 heterocycles. The van der Waals surface area contributed by atoms with Gasteiger partial charge in [-0.15, -0.1) is 0 Å². The predicted molar refractivity (Wildman–Crippen MR) is 80.3 cm³/mol. The van der Waals surface area contributed by atoms with Crippen molar-refractivity contribution in [1.82, 2.24) is 10.2 Å². The molecule has 1 fully saturated rings. The van der Waals surface area contributed by atoms with Gasteiger partial charge in [0.25, 0.3) is 11.8 Å². The van der Waals surface area contributed by atoms with Gasteiger partial charge in [-0.3, -0.25) is 29.4 Å². The number of fused-ring (bicyclic) bond motifs is 1. The lowest BCUT2D eigenvalue weighted by molar-refractivity contribution is -0.136. The normalized spacial score (nSPS) is 20.2. The number of ether oxygens (including phenoxy) is 1. The number of benzene rings is 1. The second-order valence-corrected chi connectivity index (χ2v) is 5.58. The molecule has 4 amide bonds. The average Bonchev–Trinajstić information content (AvgIpc) is 2.80. The lowest BCUT2D eigenvalue weighted by atomic mass is 10.0. The number of imide groups is 2. The van der Waals surface area contributed by atoms with Crippen LogP contribution in [-0.4, -0.2) is 52.9 Å². The van der Waals surface area contributed by atoms with Gasteiger partial charge in [0.1, 0.15) is 11.8 Å². The number of hydrogen-bond donors (Lipinski definition) is 2. The molecule has 0 aliphatic carbocycles. The van der Waals surface area contributed by atoms with Crippen LogP contribution in [0.3, 0.4) is 0 Å². The largest absolute Gasteiger partial charge is 0.493 e. The van der Waals surface area contributed by atoms with Gasteiger partial charge in [0.05, 0.1) is 17.7 Å². The predicted octanol–water partition coefficient (Wildman–Crippen LogP) is -0.151. The summed E-state index contributed by atoms with van der Waals surface area (Å²) in [4.78, 5) is 49.1. The van der Waals surface area contributed by atoms with Crippen LogP contribution in [0.2, 0.25) is 0 Å². The summed E-state index contributed by atoms with van der Waals surface area (Å²) >= 11 is 0. The Kier molecular flexibility index (Phi) is 4.30. The van der Waals surface area contributed by atoms with E-state index in [0.717, 1.165) is 4.90 Å². The molecule has 1 aromatic rings. The van der Waals surface area contributed by atoms with Crippen molar-refractivity contribution >= 4 is 23.6 Å². The first kappa shape index (κ1) is 16.1. The van der Waals surface area contributed by atoms with E-state index in [9.17, 15) is 19.2 Å². The molecule has 0 radical (unpaired) electrons. The van der Waals surface area contributed by atoms with E-state index in [1.165, 1.54) is 12.1 Å². The molecular weight excluding hydrogens is 316 g/mol. The highest BCUT2D eigenvalue weighted by Crippen LogP contribution is 2.30. The van der Waals surface area contributed by atoms with Crippen LogP contribution in [0.5, 0.6) is 5.75 Å². The Morgan fingerprint density at radius 1 is 1.17 bits per heavy atom. The number of rotatable bonds is 5. The SMILES string of the molecule is O=C1CCC(N2C(=O)c3ccc(OCCCO)cc3C2=O)C(=O)N1. The lowest BCUT2D eigenvalue weighted by Crippen LogP contribution is -2.54. The quantitative estimate of drug-likeness (QED) is 0.573. The van der Waals surface area contributed by atoms with Gasteiger partial charge < -0.3 is 9.84 Å². The summed E-state index contributed by atoms with van der Waals surface area (Å²) in [6, 6.07) is 3.53. The van der Waals surface area contributed by atoms with Crippen molar-refractivity contribution in [2.75, 3.05) is 13.2 Å². The molecule has 2 aliphatic heterocycles. The van der Waals surface area contributed by atoms with E-state index in [0.29, 0.717) is 12.2 Å². The van der Waals surface area contributed by atoms with E-state index in [4.69, 9.17) is 9.84 Å². The molecule has 126 valence electrons. The van der Waals surface area contributed by atoms with E-state index < -0.39 is 29.7 Å². The van der Waals surface area contributed by atoms with E-state index in [2.05, 4.69) is 5.32 Å². The van der Waals surface area contributed by atoms with Crippen molar-refractivity contribution in [3.8, 4) is 5.75 Å². The van der Waals surface area contributed by atoms with Crippen LogP contribution in [-0.2, 0) is 9.59 Å². The molecule has 1 saturated heterocycles. The number of carbonyl (C=O) groups is 4. The Balaban J connectivity index is 1.83. The van der Waals surface area contributed by atoms with Crippen LogP contribution >= 0.6 is 0 Å². The molecule has 0 spiro atoms. The average molecular weight is 332 g/mol. The standard InChI is InChI=1S/C16H16N2O6/c19-6-1-7-24-9-2-3-10-11(8-9)16(23)18(15(10)22)12-4-5-13(20)17-14(12)21/h2-3,8,12,19H,1,4-7H2,(H,17,20,21). The number of amides is 4. The van der Waals surface area contributed by atoms with E-state index in [-0.39, 0.29) is 37.2 Å². The topological polar surface area (TPSA) is 113 Å². The van der Waals surface area contributed by atoms with Crippen LogP contribution in [0.1, 0.15) is 40.0 Å². The first-order valence-corrected chi connectivity index (χ1v) is 7.62. The molecule has 2 N–H and O–H groups in total. The summed E-state index contributed by atoms with van der Waals surface area (Å²) in [5.41, 5.74) is 0.380. The molecule has 1 atom stereocenters. The van der Waals surface area contributed by atoms with Crippen LogP contribution in [0.25, 0.3) is 0 Å². The van der Waals surface area contributed by atoms with Crippen LogP contribution in [0.15, 0.2) is 18.2 Å². The van der Waals surface area contributed by atoms with Gasteiger partial charge in [-0.1, -0.05) is 0 Å². The molecule has 2 aliphatic rings. The monoisotopic (exact) mass is 332 g/mol. The third kappa shape index (κ3) is 2.76. The second kappa shape index (κ2) is 6.40. The van der Waals surface area contributed by atoms with Crippen LogP contribution in [0.4, 0.5) is 0 Å². The van der Waals surface area contributed by atoms with Crippen molar-refractivity contribution in [3.05, 3.63) is 29.3 Å². The van der Waals surface area contributed by atoms with Crippen LogP contribution < -0.4 is 10.1 Å². The molecule has 0 saturated carbocycles. The second-order valence-electron chi connectivity index (χ2n) is 5.58. The number of nitrogens with one attached hydrogen (secondary N) is 1. The fraction of sp³-hybridized carbons (Fsp3) is 0.375. The number of hydrogen-bond acceptors (Lipinski definition) is 6. The number of piperidine rings is 1. The Bertz CT molecular complexity index is 729. The molecule has 8 nitrogen and oxygen atoms in total. The summed E-state index contributed by atoms with van der Waals surface area (Å²) in [6.45, 7) is 0.278. The van der Waals surface area contributed by atoms with E-state index >= 15 is 0 Å². The highest BCUT2D eigenvalue weighted by molar-refractivity contribution is 6.23. The minimum absolute atomic E-state index is 0.00829. The first-order chi connectivity index (χ1) is 11.5. The molecule has 0 aromatic heterocycles. The summed E-state index contributed by atoms with van der Waals surface area (Å²) in [5.74, 6) is -1.76. The van der Waals surface area contributed by atoms with E-state index in [1.54, 1.807) is 6.07 Å². The molecule has 3 rings (SSSR count). The minimum atomic E-state index is -0.978.